The third-order valence-corrected chi connectivity index (χ3v) is 4.40. The van der Waals surface area contributed by atoms with E-state index >= 15 is 0 Å². The smallest absolute Gasteiger partial charge is 0.268 e. The van der Waals surface area contributed by atoms with Crippen LogP contribution in [0, 0.1) is 5.92 Å². The molecule has 0 radical (unpaired) electrons. The molecule has 1 aromatic carbocycles. The lowest BCUT2D eigenvalue weighted by Gasteiger charge is -2.31. The minimum absolute atomic E-state index is 0.00199. The predicted molar refractivity (Wildman–Crippen MR) is 87.0 cm³/mol. The van der Waals surface area contributed by atoms with Crippen LogP contribution in [0.2, 0.25) is 0 Å². The zero-order valence-corrected chi connectivity index (χ0v) is 12.9. The van der Waals surface area contributed by atoms with Gasteiger partial charge in [-0.3, -0.25) is 9.59 Å². The van der Waals surface area contributed by atoms with Crippen molar-refractivity contribution in [3.63, 3.8) is 0 Å². The highest BCUT2D eigenvalue weighted by atomic mass is 16.3. The number of para-hydroxylation sites is 1. The van der Waals surface area contributed by atoms with Crippen molar-refractivity contribution in [2.24, 2.45) is 5.92 Å². The Labute approximate surface area is 134 Å². The van der Waals surface area contributed by atoms with Crippen LogP contribution in [0.15, 0.2) is 30.3 Å². The number of amides is 2. The standard InChI is InChI=1S/C17H21N3O3/c21-11-12-5-7-20(8-6-12)16(22)10-18-17(23)15-9-13-3-1-2-4-14(13)19-15/h1-4,9,12,19,21H,5-8,10-11H2,(H,18,23). The normalized spacial score (nSPS) is 15.8. The van der Waals surface area contributed by atoms with Gasteiger partial charge in [-0.2, -0.15) is 0 Å². The number of aliphatic hydroxyl groups is 1. The quantitative estimate of drug-likeness (QED) is 0.790. The number of hydrogen-bond donors (Lipinski definition) is 3. The van der Waals surface area contributed by atoms with Crippen molar-refractivity contribution in [3.05, 3.63) is 36.0 Å². The number of aromatic amines is 1. The first kappa shape index (κ1) is 15.6. The number of aliphatic hydroxyl groups excluding tert-OH is 1. The fraction of sp³-hybridized carbons (Fsp3) is 0.412. The van der Waals surface area contributed by atoms with E-state index in [1.54, 1.807) is 11.0 Å². The first-order valence-corrected chi connectivity index (χ1v) is 7.92. The molecule has 2 heterocycles. The Morgan fingerprint density at radius 2 is 2.00 bits per heavy atom. The Hall–Kier alpha value is -2.34. The summed E-state index contributed by atoms with van der Waals surface area (Å²) >= 11 is 0. The Morgan fingerprint density at radius 3 is 2.70 bits per heavy atom. The highest BCUT2D eigenvalue weighted by Gasteiger charge is 2.22. The van der Waals surface area contributed by atoms with Crippen LogP contribution in [0.5, 0.6) is 0 Å². The molecular weight excluding hydrogens is 294 g/mol. The van der Waals surface area contributed by atoms with Crippen LogP contribution < -0.4 is 5.32 Å². The summed E-state index contributed by atoms with van der Waals surface area (Å²) in [6.45, 7) is 1.47. The molecule has 0 bridgehead atoms. The molecule has 1 aliphatic heterocycles. The average molecular weight is 315 g/mol. The summed E-state index contributed by atoms with van der Waals surface area (Å²) in [5.41, 5.74) is 1.35. The zero-order chi connectivity index (χ0) is 16.2. The van der Waals surface area contributed by atoms with Crippen molar-refractivity contribution in [2.75, 3.05) is 26.2 Å². The number of rotatable bonds is 4. The van der Waals surface area contributed by atoms with Gasteiger partial charge in [0.2, 0.25) is 5.91 Å². The molecule has 2 aromatic rings. The Kier molecular flexibility index (Phi) is 4.62. The largest absolute Gasteiger partial charge is 0.396 e. The number of H-pyrrole nitrogens is 1. The summed E-state index contributed by atoms with van der Waals surface area (Å²) in [6, 6.07) is 9.43. The zero-order valence-electron chi connectivity index (χ0n) is 12.9. The number of benzene rings is 1. The highest BCUT2D eigenvalue weighted by molar-refractivity contribution is 5.99. The van der Waals surface area contributed by atoms with Crippen LogP contribution in [0.3, 0.4) is 0 Å². The topological polar surface area (TPSA) is 85.4 Å². The molecule has 1 aliphatic rings. The summed E-state index contributed by atoms with van der Waals surface area (Å²) in [5.74, 6) is -0.0642. The molecule has 6 heteroatoms. The molecule has 0 spiro atoms. The van der Waals surface area contributed by atoms with E-state index in [1.165, 1.54) is 0 Å². The van der Waals surface area contributed by atoms with Gasteiger partial charge < -0.3 is 20.3 Å². The van der Waals surface area contributed by atoms with Gasteiger partial charge >= 0.3 is 0 Å². The molecule has 122 valence electrons. The van der Waals surface area contributed by atoms with E-state index in [2.05, 4.69) is 10.3 Å². The third-order valence-electron chi connectivity index (χ3n) is 4.40. The number of nitrogens with zero attached hydrogens (tertiary/aromatic N) is 1. The maximum Gasteiger partial charge on any atom is 0.268 e. The van der Waals surface area contributed by atoms with Crippen LogP contribution >= 0.6 is 0 Å². The molecule has 0 unspecified atom stereocenters. The van der Waals surface area contributed by atoms with Crippen molar-refractivity contribution in [2.45, 2.75) is 12.8 Å². The first-order valence-electron chi connectivity index (χ1n) is 7.92. The Balaban J connectivity index is 1.53. The van der Waals surface area contributed by atoms with Crippen LogP contribution in [0.1, 0.15) is 23.3 Å². The minimum Gasteiger partial charge on any atom is -0.396 e. The molecule has 0 atom stereocenters. The number of carbonyl (C=O) groups excluding carboxylic acids is 2. The van der Waals surface area contributed by atoms with Crippen LogP contribution in [-0.2, 0) is 4.79 Å². The number of fused-ring (bicyclic) bond motifs is 1. The monoisotopic (exact) mass is 315 g/mol. The van der Waals surface area contributed by atoms with Crippen molar-refractivity contribution in [1.29, 1.82) is 0 Å². The van der Waals surface area contributed by atoms with Gasteiger partial charge in [0.05, 0.1) is 6.54 Å². The average Bonchev–Trinajstić information content (AvgIpc) is 3.03. The van der Waals surface area contributed by atoms with E-state index in [4.69, 9.17) is 5.11 Å². The fourth-order valence-electron chi connectivity index (χ4n) is 2.92. The van der Waals surface area contributed by atoms with Gasteiger partial charge in [-0.25, -0.2) is 0 Å². The van der Waals surface area contributed by atoms with Gasteiger partial charge in [0, 0.05) is 30.6 Å². The first-order chi connectivity index (χ1) is 11.2. The number of likely N-dealkylation sites (tertiary alicyclic amines) is 1. The lowest BCUT2D eigenvalue weighted by Crippen LogP contribution is -2.44. The van der Waals surface area contributed by atoms with Crippen molar-refractivity contribution >= 4 is 22.7 Å². The number of aromatic nitrogens is 1. The summed E-state index contributed by atoms with van der Waals surface area (Å²) < 4.78 is 0. The second kappa shape index (κ2) is 6.83. The van der Waals surface area contributed by atoms with Crippen molar-refractivity contribution in [1.82, 2.24) is 15.2 Å². The fourth-order valence-corrected chi connectivity index (χ4v) is 2.92. The van der Waals surface area contributed by atoms with Gasteiger partial charge in [-0.15, -0.1) is 0 Å². The summed E-state index contributed by atoms with van der Waals surface area (Å²) in [7, 11) is 0. The molecule has 0 aliphatic carbocycles. The molecule has 1 aromatic heterocycles. The molecule has 23 heavy (non-hydrogen) atoms. The molecule has 6 nitrogen and oxygen atoms in total. The highest BCUT2D eigenvalue weighted by Crippen LogP contribution is 2.16. The molecule has 2 amide bonds. The molecule has 0 saturated carbocycles. The van der Waals surface area contributed by atoms with Gasteiger partial charge in [0.25, 0.3) is 5.91 Å². The third kappa shape index (κ3) is 3.53. The Bertz CT molecular complexity index is 669. The lowest BCUT2D eigenvalue weighted by atomic mass is 9.98. The number of nitrogens with one attached hydrogen (secondary N) is 2. The number of carbonyl (C=O) groups is 2. The van der Waals surface area contributed by atoms with Crippen molar-refractivity contribution in [3.8, 4) is 0 Å². The number of hydrogen-bond acceptors (Lipinski definition) is 3. The number of piperidine rings is 1. The molecule has 3 N–H and O–H groups in total. The lowest BCUT2D eigenvalue weighted by molar-refractivity contribution is -0.131. The van der Waals surface area contributed by atoms with E-state index in [0.29, 0.717) is 24.7 Å². The van der Waals surface area contributed by atoms with E-state index in [-0.39, 0.29) is 25.0 Å². The second-order valence-corrected chi connectivity index (χ2v) is 5.96. The van der Waals surface area contributed by atoms with Gasteiger partial charge in [0.15, 0.2) is 0 Å². The summed E-state index contributed by atoms with van der Waals surface area (Å²) in [6.07, 6.45) is 1.64. The van der Waals surface area contributed by atoms with E-state index in [1.807, 2.05) is 24.3 Å². The van der Waals surface area contributed by atoms with E-state index < -0.39 is 0 Å². The molecule has 3 rings (SSSR count). The summed E-state index contributed by atoms with van der Waals surface area (Å²) in [4.78, 5) is 29.1. The van der Waals surface area contributed by atoms with Crippen LogP contribution in [0.4, 0.5) is 0 Å². The second-order valence-electron chi connectivity index (χ2n) is 5.96. The van der Waals surface area contributed by atoms with Crippen molar-refractivity contribution < 1.29 is 14.7 Å². The minimum atomic E-state index is -0.278. The van der Waals surface area contributed by atoms with Gasteiger partial charge in [-0.05, 0) is 30.9 Å². The maximum atomic E-state index is 12.2. The molecular formula is C17H21N3O3. The molecule has 1 saturated heterocycles. The van der Waals surface area contributed by atoms with Crippen LogP contribution in [-0.4, -0.2) is 53.0 Å². The van der Waals surface area contributed by atoms with Gasteiger partial charge in [-0.1, -0.05) is 18.2 Å². The predicted octanol–water partition coefficient (Wildman–Crippen LogP) is 1.13. The molecule has 1 fully saturated rings. The van der Waals surface area contributed by atoms with Gasteiger partial charge in [0.1, 0.15) is 5.69 Å². The van der Waals surface area contributed by atoms with E-state index in [9.17, 15) is 9.59 Å². The van der Waals surface area contributed by atoms with E-state index in [0.717, 1.165) is 23.7 Å². The summed E-state index contributed by atoms with van der Waals surface area (Å²) in [5, 5.41) is 12.8. The Morgan fingerprint density at radius 1 is 1.26 bits per heavy atom. The SMILES string of the molecule is O=C(NCC(=O)N1CCC(CO)CC1)c1cc2ccccc2[nH]1. The maximum absolute atomic E-state index is 12.2. The van der Waals surface area contributed by atoms with Crippen LogP contribution in [0.25, 0.3) is 10.9 Å².